The molecule has 0 unspecified atom stereocenters. The lowest BCUT2D eigenvalue weighted by molar-refractivity contribution is -0.207. The highest BCUT2D eigenvalue weighted by Gasteiger charge is 2.31. The fourth-order valence-corrected chi connectivity index (χ4v) is 5.60. The van der Waals surface area contributed by atoms with Gasteiger partial charge < -0.3 is 5.84 Å². The number of hydrogen-bond acceptors (Lipinski definition) is 6. The molecular formula is C30H28F3N8O2S+. The lowest BCUT2D eigenvalue weighted by Crippen LogP contribution is -2.37. The van der Waals surface area contributed by atoms with Crippen LogP contribution in [0, 0.1) is 0 Å². The Kier molecular flexibility index (Phi) is 8.99. The van der Waals surface area contributed by atoms with Gasteiger partial charge in [-0.1, -0.05) is 41.7 Å². The van der Waals surface area contributed by atoms with Gasteiger partial charge in [-0.2, -0.15) is 13.2 Å². The van der Waals surface area contributed by atoms with Crippen molar-refractivity contribution in [3.05, 3.63) is 95.1 Å². The molecule has 4 aromatic rings. The van der Waals surface area contributed by atoms with Crippen LogP contribution >= 0.6 is 11.3 Å². The Balaban J connectivity index is 1.40. The number of alkyl halides is 3. The first-order valence-electron chi connectivity index (χ1n) is 13.6. The van der Waals surface area contributed by atoms with Crippen molar-refractivity contribution >= 4 is 55.8 Å². The summed E-state index contributed by atoms with van der Waals surface area (Å²) in [6.07, 6.45) is 2.06. The summed E-state index contributed by atoms with van der Waals surface area (Å²) < 4.78 is 40.1. The fraction of sp³-hybridized carbons (Fsp3) is 0.200. The van der Waals surface area contributed by atoms with Gasteiger partial charge in [-0.3, -0.25) is 20.3 Å². The summed E-state index contributed by atoms with van der Waals surface area (Å²) in [5, 5.41) is 11.8. The number of anilines is 2. The van der Waals surface area contributed by atoms with Crippen molar-refractivity contribution in [1.29, 1.82) is 0 Å². The number of carbonyl (C=O) groups excluding carboxylic acids is 2. The van der Waals surface area contributed by atoms with Crippen LogP contribution in [-0.2, 0) is 12.7 Å². The van der Waals surface area contributed by atoms with Gasteiger partial charge in [0.1, 0.15) is 0 Å². The zero-order valence-corrected chi connectivity index (χ0v) is 24.1. The number of hydrogen-bond donors (Lipinski definition) is 4. The van der Waals surface area contributed by atoms with Crippen LogP contribution in [0.2, 0.25) is 0 Å². The first-order valence-corrected chi connectivity index (χ1v) is 14.4. The van der Waals surface area contributed by atoms with E-state index in [0.29, 0.717) is 16.0 Å². The maximum Gasteiger partial charge on any atom is 0.416 e. The van der Waals surface area contributed by atoms with Crippen LogP contribution in [-0.4, -0.2) is 22.9 Å². The zero-order valence-electron chi connectivity index (χ0n) is 23.3. The molecule has 10 nitrogen and oxygen atoms in total. The molecule has 5 rings (SSSR count). The summed E-state index contributed by atoms with van der Waals surface area (Å²) in [6.45, 7) is 0.118. The summed E-state index contributed by atoms with van der Waals surface area (Å²) in [7, 11) is 0. The van der Waals surface area contributed by atoms with Crippen molar-refractivity contribution in [1.82, 2.24) is 10.3 Å². The predicted molar refractivity (Wildman–Crippen MR) is 163 cm³/mol. The molecule has 3 aromatic carbocycles. The minimum absolute atomic E-state index is 0.118. The molecular weight excluding hydrogens is 593 g/mol. The van der Waals surface area contributed by atoms with Gasteiger partial charge in [-0.25, -0.2) is 9.78 Å². The number of urea groups is 1. The van der Waals surface area contributed by atoms with Crippen LogP contribution in [0.15, 0.2) is 83.0 Å². The third kappa shape index (κ3) is 7.09. The Morgan fingerprint density at radius 2 is 1.80 bits per heavy atom. The third-order valence-corrected chi connectivity index (χ3v) is 7.99. The van der Waals surface area contributed by atoms with E-state index in [0.717, 1.165) is 48.3 Å². The van der Waals surface area contributed by atoms with Crippen molar-refractivity contribution in [2.24, 2.45) is 16.1 Å². The van der Waals surface area contributed by atoms with E-state index < -0.39 is 23.7 Å². The molecule has 226 valence electrons. The largest absolute Gasteiger partial charge is 0.416 e. The van der Waals surface area contributed by atoms with Crippen molar-refractivity contribution in [3.63, 3.8) is 0 Å². The van der Waals surface area contributed by atoms with Gasteiger partial charge in [0.25, 0.3) is 5.91 Å². The number of aromatic nitrogens is 1. The smallest absolute Gasteiger partial charge is 0.320 e. The molecule has 0 aliphatic heterocycles. The summed E-state index contributed by atoms with van der Waals surface area (Å²) in [6, 6.07) is 16.9. The van der Waals surface area contributed by atoms with Crippen LogP contribution in [0.25, 0.3) is 15.8 Å². The second-order valence-electron chi connectivity index (χ2n) is 9.97. The van der Waals surface area contributed by atoms with E-state index in [1.165, 1.54) is 23.0 Å². The number of nitrogens with one attached hydrogen (secondary N) is 2. The van der Waals surface area contributed by atoms with Crippen LogP contribution in [0.3, 0.4) is 0 Å². The van der Waals surface area contributed by atoms with E-state index in [-0.39, 0.29) is 28.7 Å². The Morgan fingerprint density at radius 3 is 2.43 bits per heavy atom. The van der Waals surface area contributed by atoms with Gasteiger partial charge >= 0.3 is 18.2 Å². The first-order chi connectivity index (χ1) is 21.1. The standard InChI is InChI=1S/C30H27F3N8O2S/c31-30(32,33)22-12-15-25-24(16-22)36-28(44-25)38-29(43)41(23-13-10-20(11-14-23)19-4-2-1-3-5-19)17-18-6-8-21(9-7-18)26(42)37-27(39-34)40-35/h4,6-16,34H,1-3,5,17,35H2,(H,36,38,43)(H,37,40,42)/p+1. The normalized spacial score (nSPS) is 13.7. The number of guanidine groups is 1. The Bertz CT molecular complexity index is 1750. The molecule has 14 heteroatoms. The maximum atomic E-state index is 13.6. The van der Waals surface area contributed by atoms with Gasteiger partial charge in [0.15, 0.2) is 5.13 Å². The quantitative estimate of drug-likeness (QED) is 0.0720. The molecule has 0 spiro atoms. The average molecular weight is 622 g/mol. The molecule has 44 heavy (non-hydrogen) atoms. The molecule has 6 N–H and O–H groups in total. The van der Waals surface area contributed by atoms with Gasteiger partial charge in [-0.05, 0) is 84.8 Å². The molecule has 3 amide bonds. The van der Waals surface area contributed by atoms with Crippen LogP contribution < -0.4 is 26.9 Å². The van der Waals surface area contributed by atoms with E-state index in [9.17, 15) is 22.8 Å². The Hall–Kier alpha value is -5.11. The molecule has 0 saturated carbocycles. The number of rotatable bonds is 6. The fourth-order valence-electron chi connectivity index (χ4n) is 4.77. The number of allylic oxidation sites excluding steroid dienone is 2. The van der Waals surface area contributed by atoms with E-state index in [1.807, 2.05) is 24.3 Å². The minimum Gasteiger partial charge on any atom is -0.320 e. The maximum absolute atomic E-state index is 13.6. The number of thiazole rings is 1. The summed E-state index contributed by atoms with van der Waals surface area (Å²) >= 11 is 1.07. The number of amides is 3. The molecule has 0 bridgehead atoms. The number of fused-ring (bicyclic) bond motifs is 1. The lowest BCUT2D eigenvalue weighted by atomic mass is 9.93. The highest BCUT2D eigenvalue weighted by atomic mass is 32.1. The number of halogens is 3. The van der Waals surface area contributed by atoms with Crippen LogP contribution in [0.5, 0.6) is 0 Å². The van der Waals surface area contributed by atoms with E-state index >= 15 is 0 Å². The summed E-state index contributed by atoms with van der Waals surface area (Å²) in [5.41, 5.74) is 8.38. The summed E-state index contributed by atoms with van der Waals surface area (Å²) in [4.78, 5) is 31.8. The monoisotopic (exact) mass is 621 g/mol. The van der Waals surface area contributed by atoms with Crippen LogP contribution in [0.4, 0.5) is 28.8 Å². The number of nitrogens with zero attached hydrogens (tertiary/aromatic N) is 4. The zero-order chi connectivity index (χ0) is 31.3. The van der Waals surface area contributed by atoms with E-state index in [2.05, 4.69) is 31.9 Å². The van der Waals surface area contributed by atoms with Crippen LogP contribution in [0.1, 0.15) is 52.7 Å². The average Bonchev–Trinajstić information content (AvgIpc) is 3.44. The molecule has 1 heterocycles. The lowest BCUT2D eigenvalue weighted by Gasteiger charge is -2.23. The van der Waals surface area contributed by atoms with Crippen molar-refractivity contribution in [3.8, 4) is 0 Å². The first kappa shape index (κ1) is 30.4. The van der Waals surface area contributed by atoms with Gasteiger partial charge in [0.2, 0.25) is 0 Å². The topological polar surface area (TPSA) is 151 Å². The van der Waals surface area contributed by atoms with Gasteiger partial charge in [0, 0.05) is 16.4 Å². The Labute approximate surface area is 254 Å². The van der Waals surface area contributed by atoms with Gasteiger partial charge in [-0.15, -0.1) is 10.6 Å². The summed E-state index contributed by atoms with van der Waals surface area (Å²) in [5.74, 6) is 4.37. The molecule has 0 radical (unpaired) electrons. The number of carbonyl (C=O) groups is 2. The second-order valence-corrected chi connectivity index (χ2v) is 11.0. The third-order valence-electron chi connectivity index (χ3n) is 7.04. The molecule has 0 fully saturated rings. The van der Waals surface area contributed by atoms with Crippen molar-refractivity contribution in [2.45, 2.75) is 38.4 Å². The number of hydrazone groups is 1. The molecule has 1 aliphatic carbocycles. The molecule has 0 saturated heterocycles. The van der Waals surface area contributed by atoms with E-state index in [4.69, 9.17) is 11.4 Å². The number of nitrogens with two attached hydrogens (primary N) is 2. The highest BCUT2D eigenvalue weighted by molar-refractivity contribution is 7.22. The molecule has 0 atom stereocenters. The predicted octanol–water partition coefficient (Wildman–Crippen LogP) is 5.68. The second kappa shape index (κ2) is 13.0. The Morgan fingerprint density at radius 1 is 1.05 bits per heavy atom. The van der Waals surface area contributed by atoms with Gasteiger partial charge in [0.05, 0.1) is 22.3 Å². The SMILES string of the molecule is N/N=C(\N=[NH2+])NC(=O)c1ccc(CN(C(=O)Nc2nc3cc(C(F)(F)F)ccc3s2)c2ccc(C3=CCCCC3)cc2)cc1. The molecule has 1 aliphatic rings. The molecule has 1 aromatic heterocycles. The van der Waals surface area contributed by atoms with E-state index in [1.54, 1.807) is 24.3 Å². The minimum atomic E-state index is -4.51. The number of benzene rings is 3. The van der Waals surface area contributed by atoms with Crippen molar-refractivity contribution in [2.75, 3.05) is 10.2 Å². The highest BCUT2D eigenvalue weighted by Crippen LogP contribution is 2.34. The van der Waals surface area contributed by atoms with Crippen molar-refractivity contribution < 1.29 is 28.3 Å².